The molecule has 0 aliphatic heterocycles. The van der Waals surface area contributed by atoms with Gasteiger partial charge in [-0.25, -0.2) is 0 Å². The van der Waals surface area contributed by atoms with Crippen LogP contribution in [0.1, 0.15) is 37.9 Å². The molecular formula is C13H16BrClO3. The lowest BCUT2D eigenvalue weighted by Crippen LogP contribution is -2.22. The third kappa shape index (κ3) is 3.97. The van der Waals surface area contributed by atoms with Crippen LogP contribution in [0.15, 0.2) is 22.7 Å². The van der Waals surface area contributed by atoms with Crippen molar-refractivity contribution in [2.75, 3.05) is 0 Å². The minimum atomic E-state index is -1.08. The molecule has 1 aromatic rings. The Balaban J connectivity index is 2.97. The molecule has 2 atom stereocenters. The fraction of sp³-hybridized carbons (Fsp3) is 0.462. The number of unbranched alkanes of at least 4 members (excludes halogenated alkanes) is 1. The summed E-state index contributed by atoms with van der Waals surface area (Å²) in [6.07, 6.45) is 1.01. The van der Waals surface area contributed by atoms with E-state index in [2.05, 4.69) is 15.9 Å². The van der Waals surface area contributed by atoms with Crippen molar-refractivity contribution in [2.45, 2.75) is 32.3 Å². The molecule has 0 amide bonds. The van der Waals surface area contributed by atoms with E-state index in [0.29, 0.717) is 17.0 Å². The predicted molar refractivity (Wildman–Crippen MR) is 74.8 cm³/mol. The quantitative estimate of drug-likeness (QED) is 0.825. The molecule has 0 aliphatic rings. The van der Waals surface area contributed by atoms with Crippen molar-refractivity contribution in [1.29, 1.82) is 0 Å². The summed E-state index contributed by atoms with van der Waals surface area (Å²) in [5, 5.41) is 19.8. The molecule has 1 aromatic carbocycles. The van der Waals surface area contributed by atoms with Gasteiger partial charge in [0.2, 0.25) is 0 Å². The third-order valence-electron chi connectivity index (χ3n) is 2.84. The number of hydrogen-bond donors (Lipinski definition) is 2. The zero-order valence-electron chi connectivity index (χ0n) is 10.1. The molecule has 5 heteroatoms. The second-order valence-corrected chi connectivity index (χ2v) is 5.52. The zero-order chi connectivity index (χ0) is 13.7. The number of aliphatic hydroxyl groups is 1. The molecule has 3 nitrogen and oxygen atoms in total. The summed E-state index contributed by atoms with van der Waals surface area (Å²) in [5.74, 6) is -1.82. The largest absolute Gasteiger partial charge is 0.481 e. The average molecular weight is 336 g/mol. The maximum absolute atomic E-state index is 11.2. The Morgan fingerprint density at radius 3 is 2.72 bits per heavy atom. The van der Waals surface area contributed by atoms with E-state index in [1.54, 1.807) is 18.2 Å². The zero-order valence-corrected chi connectivity index (χ0v) is 12.4. The monoisotopic (exact) mass is 334 g/mol. The van der Waals surface area contributed by atoms with Gasteiger partial charge in [0.05, 0.1) is 12.0 Å². The number of aliphatic carboxylic acids is 1. The highest BCUT2D eigenvalue weighted by Crippen LogP contribution is 2.33. The molecule has 18 heavy (non-hydrogen) atoms. The lowest BCUT2D eigenvalue weighted by molar-refractivity contribution is -0.146. The van der Waals surface area contributed by atoms with Gasteiger partial charge < -0.3 is 10.2 Å². The lowest BCUT2D eigenvalue weighted by atomic mass is 9.91. The van der Waals surface area contributed by atoms with Crippen LogP contribution in [0.4, 0.5) is 0 Å². The first kappa shape index (κ1) is 15.5. The van der Waals surface area contributed by atoms with E-state index in [1.165, 1.54) is 0 Å². The van der Waals surface area contributed by atoms with Gasteiger partial charge in [-0.15, -0.1) is 0 Å². The van der Waals surface area contributed by atoms with Crippen LogP contribution < -0.4 is 0 Å². The van der Waals surface area contributed by atoms with Gasteiger partial charge in [-0.1, -0.05) is 47.3 Å². The van der Waals surface area contributed by atoms with E-state index in [9.17, 15) is 15.0 Å². The van der Waals surface area contributed by atoms with Crippen molar-refractivity contribution in [1.82, 2.24) is 0 Å². The number of carboxylic acid groups (broad SMARTS) is 1. The highest BCUT2D eigenvalue weighted by atomic mass is 79.9. The normalized spacial score (nSPS) is 14.2. The number of benzene rings is 1. The van der Waals surface area contributed by atoms with Crippen molar-refractivity contribution < 1.29 is 15.0 Å². The minimum absolute atomic E-state index is 0.383. The number of halogens is 2. The van der Waals surface area contributed by atoms with E-state index >= 15 is 0 Å². The molecule has 2 unspecified atom stereocenters. The summed E-state index contributed by atoms with van der Waals surface area (Å²) in [4.78, 5) is 11.2. The van der Waals surface area contributed by atoms with Gasteiger partial charge in [0.15, 0.2) is 0 Å². The smallest absolute Gasteiger partial charge is 0.309 e. The number of aliphatic hydroxyl groups excluding tert-OH is 1. The highest BCUT2D eigenvalue weighted by Gasteiger charge is 2.28. The van der Waals surface area contributed by atoms with Crippen LogP contribution in [0, 0.1) is 5.92 Å². The second-order valence-electron chi connectivity index (χ2n) is 4.20. The van der Waals surface area contributed by atoms with E-state index in [1.807, 2.05) is 6.92 Å². The van der Waals surface area contributed by atoms with Crippen LogP contribution in [0.2, 0.25) is 5.02 Å². The standard InChI is InChI=1S/C13H16BrClO3/c1-2-3-4-9(13(17)18)12(16)10-7-8(14)5-6-11(10)15/h5-7,9,12,16H,2-4H2,1H3,(H,17,18). The first-order valence-corrected chi connectivity index (χ1v) is 7.00. The van der Waals surface area contributed by atoms with Crippen LogP contribution in [-0.4, -0.2) is 16.2 Å². The van der Waals surface area contributed by atoms with Gasteiger partial charge in [-0.3, -0.25) is 4.79 Å². The number of hydrogen-bond acceptors (Lipinski definition) is 2. The first-order chi connectivity index (χ1) is 8.47. The van der Waals surface area contributed by atoms with E-state index < -0.39 is 18.0 Å². The predicted octanol–water partition coefficient (Wildman–Crippen LogP) is 4.03. The fourth-order valence-electron chi connectivity index (χ4n) is 1.80. The van der Waals surface area contributed by atoms with Crippen LogP contribution in [-0.2, 0) is 4.79 Å². The highest BCUT2D eigenvalue weighted by molar-refractivity contribution is 9.10. The summed E-state index contributed by atoms with van der Waals surface area (Å²) < 4.78 is 0.764. The van der Waals surface area contributed by atoms with Crippen LogP contribution in [0.3, 0.4) is 0 Å². The van der Waals surface area contributed by atoms with Crippen molar-refractivity contribution in [3.05, 3.63) is 33.3 Å². The molecule has 100 valence electrons. The summed E-state index contributed by atoms with van der Waals surface area (Å²) in [6, 6.07) is 5.05. The van der Waals surface area contributed by atoms with Gasteiger partial charge in [-0.2, -0.15) is 0 Å². The van der Waals surface area contributed by atoms with Gasteiger partial charge in [0.1, 0.15) is 0 Å². The topological polar surface area (TPSA) is 57.5 Å². The summed E-state index contributed by atoms with van der Waals surface area (Å²) in [6.45, 7) is 1.98. The van der Waals surface area contributed by atoms with Gasteiger partial charge in [-0.05, 0) is 24.6 Å². The van der Waals surface area contributed by atoms with Crippen LogP contribution in [0.5, 0.6) is 0 Å². The van der Waals surface area contributed by atoms with Crippen molar-refractivity contribution in [3.8, 4) is 0 Å². The minimum Gasteiger partial charge on any atom is -0.481 e. The Bertz CT molecular complexity index is 423. The van der Waals surface area contributed by atoms with Crippen molar-refractivity contribution in [3.63, 3.8) is 0 Å². The van der Waals surface area contributed by atoms with Crippen LogP contribution in [0.25, 0.3) is 0 Å². The molecule has 0 saturated carbocycles. The van der Waals surface area contributed by atoms with E-state index in [4.69, 9.17) is 11.6 Å². The number of carbonyl (C=O) groups is 1. The molecule has 0 saturated heterocycles. The molecule has 0 heterocycles. The van der Waals surface area contributed by atoms with Crippen molar-refractivity contribution >= 4 is 33.5 Å². The van der Waals surface area contributed by atoms with Crippen molar-refractivity contribution in [2.24, 2.45) is 5.92 Å². The molecule has 0 radical (unpaired) electrons. The molecule has 0 bridgehead atoms. The van der Waals surface area contributed by atoms with Gasteiger partial charge in [0, 0.05) is 15.1 Å². The Morgan fingerprint density at radius 1 is 1.50 bits per heavy atom. The number of rotatable bonds is 6. The molecule has 0 fully saturated rings. The number of carboxylic acids is 1. The van der Waals surface area contributed by atoms with E-state index in [0.717, 1.165) is 17.3 Å². The maximum atomic E-state index is 11.2. The lowest BCUT2D eigenvalue weighted by Gasteiger charge is -2.20. The third-order valence-corrected chi connectivity index (χ3v) is 3.68. The maximum Gasteiger partial charge on any atom is 0.309 e. The molecule has 0 aliphatic carbocycles. The summed E-state index contributed by atoms with van der Waals surface area (Å²) in [5.41, 5.74) is 0.453. The first-order valence-electron chi connectivity index (χ1n) is 5.83. The molecule has 1 rings (SSSR count). The molecular weight excluding hydrogens is 319 g/mol. The SMILES string of the molecule is CCCCC(C(=O)O)C(O)c1cc(Br)ccc1Cl. The summed E-state index contributed by atoms with van der Waals surface area (Å²) >= 11 is 9.29. The molecule has 2 N–H and O–H groups in total. The second kappa shape index (κ2) is 7.12. The Hall–Kier alpha value is -0.580. The summed E-state index contributed by atoms with van der Waals surface area (Å²) in [7, 11) is 0. The van der Waals surface area contributed by atoms with Crippen LogP contribution >= 0.6 is 27.5 Å². The Labute approximate surface area is 120 Å². The fourth-order valence-corrected chi connectivity index (χ4v) is 2.41. The Kier molecular flexibility index (Phi) is 6.12. The van der Waals surface area contributed by atoms with Gasteiger partial charge >= 0.3 is 5.97 Å². The van der Waals surface area contributed by atoms with E-state index in [-0.39, 0.29) is 0 Å². The Morgan fingerprint density at radius 2 is 2.17 bits per heavy atom. The molecule has 0 spiro atoms. The average Bonchev–Trinajstić information content (AvgIpc) is 2.32. The molecule has 0 aromatic heterocycles. The van der Waals surface area contributed by atoms with Gasteiger partial charge in [0.25, 0.3) is 0 Å².